The summed E-state index contributed by atoms with van der Waals surface area (Å²) in [7, 11) is 3.27. The van der Waals surface area contributed by atoms with Gasteiger partial charge >= 0.3 is 12.0 Å². The van der Waals surface area contributed by atoms with Crippen LogP contribution >= 0.6 is 0 Å². The van der Waals surface area contributed by atoms with E-state index in [1.807, 2.05) is 13.8 Å². The fourth-order valence-corrected chi connectivity index (χ4v) is 2.52. The first-order valence-corrected chi connectivity index (χ1v) is 6.65. The summed E-state index contributed by atoms with van der Waals surface area (Å²) in [6.45, 7) is 4.70. The van der Waals surface area contributed by atoms with Gasteiger partial charge in [-0.3, -0.25) is 0 Å². The van der Waals surface area contributed by atoms with Gasteiger partial charge < -0.3 is 19.6 Å². The molecule has 3 unspecified atom stereocenters. The summed E-state index contributed by atoms with van der Waals surface area (Å²) < 4.78 is 5.03. The van der Waals surface area contributed by atoms with Gasteiger partial charge in [0.25, 0.3) is 0 Å². The van der Waals surface area contributed by atoms with Crippen molar-refractivity contribution in [2.24, 2.45) is 5.92 Å². The molecule has 1 aliphatic heterocycles. The smallest absolute Gasteiger partial charge is 0.326 e. The number of hydrogen-bond donors (Lipinski definition) is 1. The van der Waals surface area contributed by atoms with E-state index < -0.39 is 12.0 Å². The number of rotatable bonds is 4. The maximum absolute atomic E-state index is 12.4. The van der Waals surface area contributed by atoms with E-state index >= 15 is 0 Å². The molecule has 6 nitrogen and oxygen atoms in total. The molecule has 1 aliphatic rings. The first-order valence-electron chi connectivity index (χ1n) is 6.65. The number of ether oxygens (including phenoxy) is 1. The van der Waals surface area contributed by atoms with E-state index in [9.17, 15) is 14.7 Å². The molecule has 0 saturated carbocycles. The zero-order chi connectivity index (χ0) is 14.6. The Morgan fingerprint density at radius 3 is 2.68 bits per heavy atom. The van der Waals surface area contributed by atoms with E-state index in [1.165, 1.54) is 4.90 Å². The van der Waals surface area contributed by atoms with Gasteiger partial charge in [0.15, 0.2) is 0 Å². The second-order valence-electron chi connectivity index (χ2n) is 5.29. The highest BCUT2D eigenvalue weighted by molar-refractivity contribution is 5.83. The van der Waals surface area contributed by atoms with Crippen molar-refractivity contribution in [1.82, 2.24) is 9.80 Å². The summed E-state index contributed by atoms with van der Waals surface area (Å²) in [5.41, 5.74) is 0. The monoisotopic (exact) mass is 272 g/mol. The highest BCUT2D eigenvalue weighted by Crippen LogP contribution is 2.24. The zero-order valence-corrected chi connectivity index (χ0v) is 12.1. The Kier molecular flexibility index (Phi) is 5.60. The van der Waals surface area contributed by atoms with Gasteiger partial charge in [-0.15, -0.1) is 0 Å². The molecule has 1 heterocycles. The average Bonchev–Trinajstić information content (AvgIpc) is 2.36. The summed E-state index contributed by atoms with van der Waals surface area (Å²) in [6, 6.07) is -1.04. The molecule has 1 rings (SSSR count). The molecule has 1 fully saturated rings. The van der Waals surface area contributed by atoms with Crippen molar-refractivity contribution in [2.45, 2.75) is 38.8 Å². The van der Waals surface area contributed by atoms with E-state index in [2.05, 4.69) is 0 Å². The fraction of sp³-hybridized carbons (Fsp3) is 0.846. The van der Waals surface area contributed by atoms with Crippen LogP contribution in [-0.2, 0) is 9.53 Å². The normalized spacial score (nSPS) is 24.9. The van der Waals surface area contributed by atoms with Gasteiger partial charge in [0.2, 0.25) is 0 Å². The SMILES string of the molecule is COCC(C)N(C)C(=O)N1CCCC(C)C1C(=O)O. The van der Waals surface area contributed by atoms with Crippen molar-refractivity contribution >= 4 is 12.0 Å². The van der Waals surface area contributed by atoms with Crippen LogP contribution in [0.3, 0.4) is 0 Å². The van der Waals surface area contributed by atoms with E-state index in [0.29, 0.717) is 13.2 Å². The summed E-state index contributed by atoms with van der Waals surface area (Å²) in [5, 5.41) is 9.31. The molecular formula is C13H24N2O4. The quantitative estimate of drug-likeness (QED) is 0.836. The third-order valence-corrected chi connectivity index (χ3v) is 3.80. The molecule has 0 aliphatic carbocycles. The number of methoxy groups -OCH3 is 1. The van der Waals surface area contributed by atoms with Crippen LogP contribution in [0.25, 0.3) is 0 Å². The second-order valence-corrected chi connectivity index (χ2v) is 5.29. The Balaban J connectivity index is 2.80. The lowest BCUT2D eigenvalue weighted by atomic mass is 9.91. The minimum absolute atomic E-state index is 0.0127. The molecule has 0 aromatic heterocycles. The number of hydrogen-bond acceptors (Lipinski definition) is 3. The van der Waals surface area contributed by atoms with Gasteiger partial charge in [-0.1, -0.05) is 6.92 Å². The topological polar surface area (TPSA) is 70.1 Å². The van der Waals surface area contributed by atoms with Gasteiger partial charge in [0, 0.05) is 20.7 Å². The van der Waals surface area contributed by atoms with E-state index in [-0.39, 0.29) is 18.0 Å². The third kappa shape index (κ3) is 3.59. The van der Waals surface area contributed by atoms with E-state index in [1.54, 1.807) is 19.1 Å². The molecule has 0 bridgehead atoms. The van der Waals surface area contributed by atoms with Crippen molar-refractivity contribution < 1.29 is 19.4 Å². The summed E-state index contributed by atoms with van der Waals surface area (Å²) >= 11 is 0. The molecule has 3 atom stereocenters. The third-order valence-electron chi connectivity index (χ3n) is 3.80. The number of likely N-dealkylation sites (N-methyl/N-ethyl adjacent to an activating group) is 1. The highest BCUT2D eigenvalue weighted by atomic mass is 16.5. The van der Waals surface area contributed by atoms with Crippen LogP contribution in [0.15, 0.2) is 0 Å². The minimum Gasteiger partial charge on any atom is -0.480 e. The Morgan fingerprint density at radius 2 is 2.16 bits per heavy atom. The molecule has 19 heavy (non-hydrogen) atoms. The number of carboxylic acid groups (broad SMARTS) is 1. The van der Waals surface area contributed by atoms with Gasteiger partial charge in [-0.05, 0) is 25.7 Å². The first kappa shape index (κ1) is 15.8. The van der Waals surface area contributed by atoms with Crippen molar-refractivity contribution in [1.29, 1.82) is 0 Å². The van der Waals surface area contributed by atoms with Gasteiger partial charge in [0.1, 0.15) is 6.04 Å². The number of aliphatic carboxylic acids is 1. The molecule has 1 N–H and O–H groups in total. The first-order chi connectivity index (χ1) is 8.90. The summed E-state index contributed by atoms with van der Waals surface area (Å²) in [6.07, 6.45) is 1.70. The van der Waals surface area contributed by atoms with Crippen LogP contribution < -0.4 is 0 Å². The Morgan fingerprint density at radius 1 is 1.53 bits per heavy atom. The fourth-order valence-electron chi connectivity index (χ4n) is 2.52. The maximum Gasteiger partial charge on any atom is 0.326 e. The molecule has 1 saturated heterocycles. The van der Waals surface area contributed by atoms with Crippen LogP contribution in [0.4, 0.5) is 4.79 Å². The van der Waals surface area contributed by atoms with E-state index in [4.69, 9.17) is 4.74 Å². The minimum atomic E-state index is -0.923. The second kappa shape index (κ2) is 6.75. The molecule has 2 amide bonds. The Hall–Kier alpha value is -1.30. The standard InChI is InChI=1S/C13H24N2O4/c1-9-6-5-7-15(11(9)12(16)17)13(18)14(3)10(2)8-19-4/h9-11H,5-8H2,1-4H3,(H,16,17). The van der Waals surface area contributed by atoms with Crippen LogP contribution in [0.2, 0.25) is 0 Å². The number of amides is 2. The largest absolute Gasteiger partial charge is 0.480 e. The van der Waals surface area contributed by atoms with Gasteiger partial charge in [0.05, 0.1) is 12.6 Å². The predicted molar refractivity (Wildman–Crippen MR) is 71.0 cm³/mol. The van der Waals surface area contributed by atoms with Crippen molar-refractivity contribution in [3.05, 3.63) is 0 Å². The zero-order valence-electron chi connectivity index (χ0n) is 12.1. The van der Waals surface area contributed by atoms with Crippen LogP contribution in [0.1, 0.15) is 26.7 Å². The van der Waals surface area contributed by atoms with Gasteiger partial charge in [-0.2, -0.15) is 0 Å². The number of carbonyl (C=O) groups is 2. The molecule has 0 radical (unpaired) electrons. The van der Waals surface area contributed by atoms with Crippen molar-refractivity contribution in [2.75, 3.05) is 27.3 Å². The summed E-state index contributed by atoms with van der Waals surface area (Å²) in [4.78, 5) is 26.8. The molecule has 6 heteroatoms. The Labute approximate surface area is 114 Å². The van der Waals surface area contributed by atoms with Crippen molar-refractivity contribution in [3.63, 3.8) is 0 Å². The Bertz CT molecular complexity index is 335. The number of carboxylic acids is 1. The maximum atomic E-state index is 12.4. The molecule has 0 aromatic carbocycles. The molecule has 0 aromatic rings. The lowest BCUT2D eigenvalue weighted by Crippen LogP contribution is -2.56. The number of urea groups is 1. The van der Waals surface area contributed by atoms with Gasteiger partial charge in [-0.25, -0.2) is 9.59 Å². The highest BCUT2D eigenvalue weighted by Gasteiger charge is 2.38. The average molecular weight is 272 g/mol. The van der Waals surface area contributed by atoms with E-state index in [0.717, 1.165) is 12.8 Å². The molecule has 0 spiro atoms. The number of likely N-dealkylation sites (tertiary alicyclic amines) is 1. The predicted octanol–water partition coefficient (Wildman–Crippen LogP) is 1.26. The van der Waals surface area contributed by atoms with Crippen molar-refractivity contribution in [3.8, 4) is 0 Å². The number of nitrogens with zero attached hydrogens (tertiary/aromatic N) is 2. The van der Waals surface area contributed by atoms with Crippen LogP contribution in [-0.4, -0.2) is 66.3 Å². The lowest BCUT2D eigenvalue weighted by Gasteiger charge is -2.40. The lowest BCUT2D eigenvalue weighted by molar-refractivity contribution is -0.145. The molecule has 110 valence electrons. The molecular weight excluding hydrogens is 248 g/mol. The van der Waals surface area contributed by atoms with Crippen LogP contribution in [0.5, 0.6) is 0 Å². The number of piperidine rings is 1. The summed E-state index contributed by atoms with van der Waals surface area (Å²) in [5.74, 6) is -0.935. The van der Waals surface area contributed by atoms with Crippen LogP contribution in [0, 0.1) is 5.92 Å². The number of carbonyl (C=O) groups excluding carboxylic acids is 1.